The number of aliphatic carboxylic acids is 1. The highest BCUT2D eigenvalue weighted by Gasteiger charge is 2.30. The van der Waals surface area contributed by atoms with Crippen LogP contribution in [0, 0.1) is 19.8 Å². The second-order valence-electron chi connectivity index (χ2n) is 7.04. The van der Waals surface area contributed by atoms with Gasteiger partial charge in [0, 0.05) is 18.2 Å². The third-order valence-corrected chi connectivity index (χ3v) is 4.87. The van der Waals surface area contributed by atoms with E-state index in [0.29, 0.717) is 12.8 Å². The number of aryl methyl sites for hydroxylation is 2. The monoisotopic (exact) mass is 335 g/mol. The van der Waals surface area contributed by atoms with E-state index in [4.69, 9.17) is 0 Å². The molecule has 0 bridgehead atoms. The topological polar surface area (TPSA) is 84.2 Å². The van der Waals surface area contributed by atoms with Crippen LogP contribution in [0.5, 0.6) is 0 Å². The summed E-state index contributed by atoms with van der Waals surface area (Å²) in [6.07, 6.45) is 5.79. The maximum atomic E-state index is 12.4. The van der Waals surface area contributed by atoms with E-state index >= 15 is 0 Å². The fourth-order valence-corrected chi connectivity index (χ4v) is 3.67. The Balaban J connectivity index is 1.98. The van der Waals surface area contributed by atoms with Crippen molar-refractivity contribution in [3.05, 3.63) is 17.5 Å². The molecule has 1 aliphatic rings. The van der Waals surface area contributed by atoms with Crippen molar-refractivity contribution in [2.75, 3.05) is 0 Å². The van der Waals surface area contributed by atoms with Crippen LogP contribution in [-0.2, 0) is 9.59 Å². The van der Waals surface area contributed by atoms with Gasteiger partial charge in [-0.05, 0) is 39.7 Å². The molecule has 3 atom stereocenters. The van der Waals surface area contributed by atoms with Crippen molar-refractivity contribution in [3.63, 3.8) is 0 Å². The van der Waals surface area contributed by atoms with Crippen molar-refractivity contribution < 1.29 is 14.7 Å². The van der Waals surface area contributed by atoms with Crippen molar-refractivity contribution in [2.45, 2.75) is 77.8 Å². The number of carbonyl (C=O) groups excluding carboxylic acids is 1. The van der Waals surface area contributed by atoms with Crippen LogP contribution in [0.4, 0.5) is 0 Å². The summed E-state index contributed by atoms with van der Waals surface area (Å²) in [4.78, 5) is 24.0. The van der Waals surface area contributed by atoms with Crippen molar-refractivity contribution >= 4 is 11.9 Å². The van der Waals surface area contributed by atoms with E-state index in [1.165, 1.54) is 0 Å². The molecule has 1 amide bonds. The molecule has 1 heterocycles. The fraction of sp³-hybridized carbons (Fsp3) is 0.722. The largest absolute Gasteiger partial charge is 0.481 e. The first-order valence-corrected chi connectivity index (χ1v) is 8.93. The van der Waals surface area contributed by atoms with Gasteiger partial charge in [0.15, 0.2) is 0 Å². The number of carbonyl (C=O) groups is 2. The lowest BCUT2D eigenvalue weighted by molar-refractivity contribution is -0.143. The van der Waals surface area contributed by atoms with E-state index in [1.54, 1.807) is 0 Å². The minimum absolute atomic E-state index is 0.0458. The van der Waals surface area contributed by atoms with Crippen molar-refractivity contribution in [3.8, 4) is 0 Å². The molecule has 2 rings (SSSR count). The van der Waals surface area contributed by atoms with Gasteiger partial charge in [0.05, 0.1) is 17.7 Å². The molecule has 6 heteroatoms. The van der Waals surface area contributed by atoms with Crippen LogP contribution < -0.4 is 5.32 Å². The van der Waals surface area contributed by atoms with Gasteiger partial charge < -0.3 is 10.4 Å². The fourth-order valence-electron chi connectivity index (χ4n) is 3.67. The number of carboxylic acids is 1. The zero-order valence-electron chi connectivity index (χ0n) is 14.9. The molecule has 0 saturated heterocycles. The summed E-state index contributed by atoms with van der Waals surface area (Å²) in [7, 11) is 0. The van der Waals surface area contributed by atoms with E-state index in [1.807, 2.05) is 31.5 Å². The van der Waals surface area contributed by atoms with Gasteiger partial charge in [0.25, 0.3) is 0 Å². The van der Waals surface area contributed by atoms with Crippen molar-refractivity contribution in [2.24, 2.45) is 5.92 Å². The molecule has 0 aliphatic heterocycles. The maximum Gasteiger partial charge on any atom is 0.308 e. The van der Waals surface area contributed by atoms with E-state index in [0.717, 1.165) is 43.5 Å². The van der Waals surface area contributed by atoms with Gasteiger partial charge in [-0.3, -0.25) is 14.3 Å². The first kappa shape index (κ1) is 18.5. The van der Waals surface area contributed by atoms with Crippen LogP contribution in [0.2, 0.25) is 0 Å². The Morgan fingerprint density at radius 2 is 1.96 bits per heavy atom. The zero-order valence-corrected chi connectivity index (χ0v) is 14.9. The highest BCUT2D eigenvalue weighted by atomic mass is 16.4. The van der Waals surface area contributed by atoms with E-state index < -0.39 is 11.9 Å². The van der Waals surface area contributed by atoms with Gasteiger partial charge in [0.1, 0.15) is 0 Å². The van der Waals surface area contributed by atoms with Crippen molar-refractivity contribution in [1.29, 1.82) is 0 Å². The highest BCUT2D eigenvalue weighted by molar-refractivity contribution is 5.78. The first-order valence-electron chi connectivity index (χ1n) is 8.93. The Bertz CT molecular complexity index is 582. The Morgan fingerprint density at radius 1 is 1.29 bits per heavy atom. The van der Waals surface area contributed by atoms with E-state index in [9.17, 15) is 14.7 Å². The summed E-state index contributed by atoms with van der Waals surface area (Å²) in [6.45, 7) is 5.87. The number of amides is 1. The molecule has 0 aromatic carbocycles. The second-order valence-corrected chi connectivity index (χ2v) is 7.04. The van der Waals surface area contributed by atoms with Gasteiger partial charge >= 0.3 is 5.97 Å². The van der Waals surface area contributed by atoms with Gasteiger partial charge in [-0.2, -0.15) is 5.10 Å². The summed E-state index contributed by atoms with van der Waals surface area (Å²) in [5.41, 5.74) is 1.97. The number of aromatic nitrogens is 2. The number of nitrogens with one attached hydrogen (secondary N) is 1. The predicted octanol–water partition coefficient (Wildman–Crippen LogP) is 2.99. The molecule has 1 saturated carbocycles. The summed E-state index contributed by atoms with van der Waals surface area (Å²) < 4.78 is 1.86. The van der Waals surface area contributed by atoms with Gasteiger partial charge in [-0.1, -0.05) is 25.7 Å². The first-order chi connectivity index (χ1) is 11.4. The van der Waals surface area contributed by atoms with Gasteiger partial charge in [-0.25, -0.2) is 0 Å². The minimum atomic E-state index is -0.797. The molecule has 0 radical (unpaired) electrons. The normalized spacial score (nSPS) is 23.1. The third-order valence-electron chi connectivity index (χ3n) is 4.87. The van der Waals surface area contributed by atoms with Crippen LogP contribution in [0.25, 0.3) is 0 Å². The molecule has 1 aliphatic carbocycles. The van der Waals surface area contributed by atoms with Crippen molar-refractivity contribution in [1.82, 2.24) is 15.1 Å². The van der Waals surface area contributed by atoms with Crippen LogP contribution in [0.15, 0.2) is 6.07 Å². The molecule has 1 aromatic rings. The average Bonchev–Trinajstić information content (AvgIpc) is 2.80. The standard InChI is InChI=1S/C18H29N3O3/c1-12-10-13(2)21(20-12)14(3)11-17(22)19-16-9-7-5-4-6-8-15(16)18(23)24/h10,14-16H,4-9,11H2,1-3H3,(H,19,22)(H,23,24). The number of carboxylic acid groups (broad SMARTS) is 1. The summed E-state index contributed by atoms with van der Waals surface area (Å²) in [6, 6.07) is 1.68. The van der Waals surface area contributed by atoms with Gasteiger partial charge in [-0.15, -0.1) is 0 Å². The molecule has 134 valence electrons. The molecule has 3 unspecified atom stereocenters. The smallest absolute Gasteiger partial charge is 0.308 e. The molecule has 1 aromatic heterocycles. The highest BCUT2D eigenvalue weighted by Crippen LogP contribution is 2.24. The molecular weight excluding hydrogens is 306 g/mol. The Labute approximate surface area is 143 Å². The lowest BCUT2D eigenvalue weighted by Gasteiger charge is -2.27. The second kappa shape index (κ2) is 8.31. The lowest BCUT2D eigenvalue weighted by Crippen LogP contribution is -2.44. The number of rotatable bonds is 5. The molecule has 24 heavy (non-hydrogen) atoms. The van der Waals surface area contributed by atoms with Crippen LogP contribution >= 0.6 is 0 Å². The average molecular weight is 335 g/mol. The summed E-state index contributed by atoms with van der Waals surface area (Å²) >= 11 is 0. The third kappa shape index (κ3) is 4.82. The maximum absolute atomic E-state index is 12.4. The number of hydrogen-bond acceptors (Lipinski definition) is 3. The summed E-state index contributed by atoms with van der Waals surface area (Å²) in [5.74, 6) is -1.36. The molecule has 1 fully saturated rings. The van der Waals surface area contributed by atoms with Gasteiger partial charge in [0.2, 0.25) is 5.91 Å². The quantitative estimate of drug-likeness (QED) is 0.866. The summed E-state index contributed by atoms with van der Waals surface area (Å²) in [5, 5.41) is 16.9. The van der Waals surface area contributed by atoms with Crippen LogP contribution in [0.1, 0.15) is 69.3 Å². The Kier molecular flexibility index (Phi) is 6.40. The SMILES string of the molecule is Cc1cc(C)n(C(C)CC(=O)NC2CCCCCCC2C(=O)O)n1. The molecular formula is C18H29N3O3. The Morgan fingerprint density at radius 3 is 2.54 bits per heavy atom. The number of hydrogen-bond donors (Lipinski definition) is 2. The number of nitrogens with zero attached hydrogens (tertiary/aromatic N) is 2. The Hall–Kier alpha value is -1.85. The minimum Gasteiger partial charge on any atom is -0.481 e. The molecule has 6 nitrogen and oxygen atoms in total. The molecule has 2 N–H and O–H groups in total. The predicted molar refractivity (Wildman–Crippen MR) is 91.8 cm³/mol. The van der Waals surface area contributed by atoms with Crippen LogP contribution in [0.3, 0.4) is 0 Å². The lowest BCUT2D eigenvalue weighted by atomic mass is 9.86. The van der Waals surface area contributed by atoms with Crippen LogP contribution in [-0.4, -0.2) is 32.8 Å². The zero-order chi connectivity index (χ0) is 17.7. The molecule has 0 spiro atoms. The van der Waals surface area contributed by atoms with E-state index in [2.05, 4.69) is 10.4 Å². The van der Waals surface area contributed by atoms with E-state index in [-0.39, 0.29) is 18.0 Å².